The lowest BCUT2D eigenvalue weighted by Gasteiger charge is -2.39. The maximum atomic E-state index is 14.8. The fourth-order valence-electron chi connectivity index (χ4n) is 5.20. The highest BCUT2D eigenvalue weighted by atomic mass is 35.5. The summed E-state index contributed by atoms with van der Waals surface area (Å²) in [5.74, 6) is 0. The van der Waals surface area contributed by atoms with Gasteiger partial charge < -0.3 is 10.1 Å². The van der Waals surface area contributed by atoms with E-state index in [9.17, 15) is 17.6 Å². The Labute approximate surface area is 213 Å². The molecule has 1 aromatic carbocycles. The molecule has 5 rings (SSSR count). The quantitative estimate of drug-likeness (QED) is 0.603. The van der Waals surface area contributed by atoms with E-state index in [1.807, 2.05) is 6.07 Å². The van der Waals surface area contributed by atoms with E-state index in [0.29, 0.717) is 50.7 Å². The molecule has 2 aromatic rings. The predicted octanol–water partition coefficient (Wildman–Crippen LogP) is 3.26. The van der Waals surface area contributed by atoms with Crippen LogP contribution in [0.25, 0.3) is 0 Å². The number of nitrogens with one attached hydrogen (secondary N) is 1. The van der Waals surface area contributed by atoms with Gasteiger partial charge in [0.25, 0.3) is 5.56 Å². The summed E-state index contributed by atoms with van der Waals surface area (Å²) in [5, 5.41) is 16.1. The predicted molar refractivity (Wildman–Crippen MR) is 131 cm³/mol. The molecule has 2 atom stereocenters. The molecular weight excluding hydrogens is 509 g/mol. The lowest BCUT2D eigenvalue weighted by molar-refractivity contribution is -0.0234. The number of halogens is 2. The van der Waals surface area contributed by atoms with Gasteiger partial charge in [-0.2, -0.15) is 14.7 Å². The Morgan fingerprint density at radius 3 is 2.67 bits per heavy atom. The molecule has 1 spiro atoms. The van der Waals surface area contributed by atoms with Gasteiger partial charge >= 0.3 is 0 Å². The molecule has 0 bridgehead atoms. The number of benzene rings is 1. The molecule has 36 heavy (non-hydrogen) atoms. The fourth-order valence-corrected chi connectivity index (χ4v) is 7.25. The number of hydrogen-bond donors (Lipinski definition) is 1. The summed E-state index contributed by atoms with van der Waals surface area (Å²) in [6.45, 7) is 0.739. The zero-order valence-corrected chi connectivity index (χ0v) is 21.2. The SMILES string of the molecule is N#Cc1ccc(S(=O)(=O)N2CC[C@@H](n3ncc(NC[C@@]4(F)CCCOC4)c(Cl)c3=O)CC23CC3)cc1. The first-order chi connectivity index (χ1) is 17.2. The van der Waals surface area contributed by atoms with E-state index >= 15 is 0 Å². The Kier molecular flexibility index (Phi) is 6.57. The molecule has 3 aliphatic rings. The third-order valence-electron chi connectivity index (χ3n) is 7.37. The third kappa shape index (κ3) is 4.63. The monoisotopic (exact) mass is 535 g/mol. The second kappa shape index (κ2) is 9.41. The molecule has 9 nitrogen and oxygen atoms in total. The van der Waals surface area contributed by atoms with Crippen LogP contribution in [-0.4, -0.2) is 60.0 Å². The number of hydrogen-bond acceptors (Lipinski definition) is 7. The zero-order chi connectivity index (χ0) is 25.6. The van der Waals surface area contributed by atoms with Crippen molar-refractivity contribution in [3.8, 4) is 6.07 Å². The summed E-state index contributed by atoms with van der Waals surface area (Å²) in [4.78, 5) is 13.2. The molecule has 2 aliphatic heterocycles. The molecule has 1 aromatic heterocycles. The van der Waals surface area contributed by atoms with Gasteiger partial charge in [0.15, 0.2) is 5.67 Å². The van der Waals surface area contributed by atoms with Crippen molar-refractivity contribution in [2.75, 3.05) is 31.6 Å². The minimum atomic E-state index is -3.75. The van der Waals surface area contributed by atoms with E-state index in [4.69, 9.17) is 21.6 Å². The van der Waals surface area contributed by atoms with Gasteiger partial charge in [0.1, 0.15) is 5.02 Å². The van der Waals surface area contributed by atoms with Crippen LogP contribution in [0.1, 0.15) is 50.1 Å². The van der Waals surface area contributed by atoms with Crippen molar-refractivity contribution in [1.29, 1.82) is 5.26 Å². The first-order valence-corrected chi connectivity index (χ1v) is 13.8. The second-order valence-corrected chi connectivity index (χ2v) is 12.1. The molecule has 0 unspecified atom stereocenters. The largest absolute Gasteiger partial charge is 0.379 e. The molecule has 0 radical (unpaired) electrons. The number of rotatable bonds is 6. The summed E-state index contributed by atoms with van der Waals surface area (Å²) in [6.07, 6.45) is 4.67. The number of piperidine rings is 1. The van der Waals surface area contributed by atoms with Gasteiger partial charge in [-0.05, 0) is 62.8 Å². The lowest BCUT2D eigenvalue weighted by atomic mass is 9.97. The van der Waals surface area contributed by atoms with E-state index in [2.05, 4.69) is 10.4 Å². The van der Waals surface area contributed by atoms with Crippen molar-refractivity contribution in [3.05, 3.63) is 51.4 Å². The van der Waals surface area contributed by atoms with Crippen LogP contribution >= 0.6 is 11.6 Å². The molecule has 0 amide bonds. The van der Waals surface area contributed by atoms with E-state index in [1.54, 1.807) is 0 Å². The maximum Gasteiger partial charge on any atom is 0.287 e. The molecule has 1 N–H and O–H groups in total. The Morgan fingerprint density at radius 2 is 2.03 bits per heavy atom. The van der Waals surface area contributed by atoms with Crippen LogP contribution in [0.3, 0.4) is 0 Å². The first kappa shape index (κ1) is 25.1. The number of aromatic nitrogens is 2. The highest BCUT2D eigenvalue weighted by Crippen LogP contribution is 2.53. The number of alkyl halides is 1. The van der Waals surface area contributed by atoms with Crippen LogP contribution in [0.2, 0.25) is 5.02 Å². The van der Waals surface area contributed by atoms with Crippen molar-refractivity contribution in [2.45, 2.75) is 60.7 Å². The van der Waals surface area contributed by atoms with Crippen LogP contribution < -0.4 is 10.9 Å². The van der Waals surface area contributed by atoms with E-state index in [1.165, 1.54) is 39.4 Å². The van der Waals surface area contributed by atoms with Crippen LogP contribution in [-0.2, 0) is 14.8 Å². The molecule has 192 valence electrons. The van der Waals surface area contributed by atoms with Gasteiger partial charge in [-0.3, -0.25) is 4.79 Å². The number of nitrogens with zero attached hydrogens (tertiary/aromatic N) is 4. The highest BCUT2D eigenvalue weighted by molar-refractivity contribution is 7.89. The Bertz CT molecular complexity index is 1350. The van der Waals surface area contributed by atoms with Crippen LogP contribution in [0.5, 0.6) is 0 Å². The molecular formula is C24H27ClFN5O4S. The summed E-state index contributed by atoms with van der Waals surface area (Å²) in [7, 11) is -3.75. The number of ether oxygens (including phenoxy) is 1. The molecule has 3 heterocycles. The minimum Gasteiger partial charge on any atom is -0.379 e. The molecule has 12 heteroatoms. The average molecular weight is 536 g/mol. The van der Waals surface area contributed by atoms with Crippen molar-refractivity contribution in [3.63, 3.8) is 0 Å². The van der Waals surface area contributed by atoms with Gasteiger partial charge in [0.2, 0.25) is 10.0 Å². The normalized spacial score (nSPS) is 25.9. The van der Waals surface area contributed by atoms with Crippen molar-refractivity contribution in [1.82, 2.24) is 14.1 Å². The fraction of sp³-hybridized carbons (Fsp3) is 0.542. The molecule has 3 fully saturated rings. The van der Waals surface area contributed by atoms with E-state index in [-0.39, 0.29) is 41.3 Å². The van der Waals surface area contributed by atoms with Crippen molar-refractivity contribution in [2.24, 2.45) is 0 Å². The minimum absolute atomic E-state index is 0.00581. The molecule has 1 aliphatic carbocycles. The van der Waals surface area contributed by atoms with Crippen LogP contribution in [0.15, 0.2) is 40.2 Å². The van der Waals surface area contributed by atoms with Gasteiger partial charge in [-0.15, -0.1) is 0 Å². The topological polar surface area (TPSA) is 117 Å². The van der Waals surface area contributed by atoms with Gasteiger partial charge in [-0.25, -0.2) is 17.5 Å². The second-order valence-electron chi connectivity index (χ2n) is 9.87. The van der Waals surface area contributed by atoms with Crippen LogP contribution in [0, 0.1) is 11.3 Å². The smallest absolute Gasteiger partial charge is 0.287 e. The van der Waals surface area contributed by atoms with Crippen molar-refractivity contribution < 1.29 is 17.5 Å². The van der Waals surface area contributed by atoms with E-state index in [0.717, 1.165) is 0 Å². The first-order valence-electron chi connectivity index (χ1n) is 12.0. The standard InChI is InChI=1S/C24H27ClFN5O4S/c25-21-20(28-15-23(26)7-1-11-35-16-23)14-29-31(22(21)32)18-6-10-30(24(12-18)8-9-24)36(33,34)19-4-2-17(13-27)3-5-19/h2-5,14,18,28H,1,6-12,15-16H2/t18-,23+/m1/s1. The van der Waals surface area contributed by atoms with Crippen molar-refractivity contribution >= 4 is 27.3 Å². The highest BCUT2D eigenvalue weighted by Gasteiger charge is 2.56. The molecule has 2 saturated heterocycles. The Balaban J connectivity index is 1.31. The molecule has 1 saturated carbocycles. The summed E-state index contributed by atoms with van der Waals surface area (Å²) < 4.78 is 49.7. The maximum absolute atomic E-state index is 14.8. The van der Waals surface area contributed by atoms with Crippen LogP contribution in [0.4, 0.5) is 10.1 Å². The van der Waals surface area contributed by atoms with Gasteiger partial charge in [0.05, 0.1) is 47.6 Å². The summed E-state index contributed by atoms with van der Waals surface area (Å²) in [6, 6.07) is 7.57. The number of anilines is 1. The van der Waals surface area contributed by atoms with Gasteiger partial charge in [0, 0.05) is 18.7 Å². The van der Waals surface area contributed by atoms with E-state index < -0.39 is 26.8 Å². The summed E-state index contributed by atoms with van der Waals surface area (Å²) in [5.41, 5.74) is -1.92. The number of nitriles is 1. The third-order valence-corrected chi connectivity index (χ3v) is 9.75. The Hall–Kier alpha value is -2.52. The zero-order valence-electron chi connectivity index (χ0n) is 19.6. The summed E-state index contributed by atoms with van der Waals surface area (Å²) >= 11 is 6.35. The number of sulfonamides is 1. The average Bonchev–Trinajstić information content (AvgIpc) is 3.64. The lowest BCUT2D eigenvalue weighted by Crippen LogP contribution is -2.49. The van der Waals surface area contributed by atoms with Gasteiger partial charge in [-0.1, -0.05) is 11.6 Å². The Morgan fingerprint density at radius 1 is 1.28 bits per heavy atom.